The predicted octanol–water partition coefficient (Wildman–Crippen LogP) is 0.986. The van der Waals surface area contributed by atoms with Gasteiger partial charge in [-0.1, -0.05) is 6.08 Å². The molecule has 0 saturated heterocycles. The number of carboxylic acids is 1. The largest absolute Gasteiger partial charge is 0.478 e. The highest BCUT2D eigenvalue weighted by Gasteiger charge is 1.93. The average Bonchev–Trinajstić information content (AvgIpc) is 2.34. The molecule has 0 radical (unpaired) electrons. The Kier molecular flexibility index (Phi) is 1.99. The van der Waals surface area contributed by atoms with Crippen molar-refractivity contribution in [2.75, 3.05) is 0 Å². The van der Waals surface area contributed by atoms with Gasteiger partial charge in [0.05, 0.1) is 5.70 Å². The quantitative estimate of drug-likeness (QED) is 0.577. The lowest BCUT2D eigenvalue weighted by molar-refractivity contribution is -0.131. The van der Waals surface area contributed by atoms with E-state index in [1.165, 1.54) is 6.08 Å². The highest BCUT2D eigenvalue weighted by molar-refractivity contribution is 5.80. The second-order valence-corrected chi connectivity index (χ2v) is 1.85. The Balaban J connectivity index is 2.53. The molecule has 0 aromatic heterocycles. The van der Waals surface area contributed by atoms with Gasteiger partial charge in [0.2, 0.25) is 0 Å². The number of carboxylic acid groups (broad SMARTS) is 1. The van der Waals surface area contributed by atoms with Gasteiger partial charge in [-0.25, -0.2) is 4.79 Å². The molecule has 0 unspecified atom stereocenters. The van der Waals surface area contributed by atoms with E-state index in [1.807, 2.05) is 6.08 Å². The number of carbonyl (C=O) groups is 1. The van der Waals surface area contributed by atoms with Crippen LogP contribution < -0.4 is 0 Å². The van der Waals surface area contributed by atoms with Gasteiger partial charge >= 0.3 is 5.97 Å². The summed E-state index contributed by atoms with van der Waals surface area (Å²) >= 11 is 0. The summed E-state index contributed by atoms with van der Waals surface area (Å²) in [5.41, 5.74) is 0.724. The number of aliphatic imine (C=N–C) groups is 1. The Labute approximate surface area is 58.4 Å². The minimum Gasteiger partial charge on any atom is -0.478 e. The lowest BCUT2D eigenvalue weighted by Crippen LogP contribution is -1.85. The zero-order chi connectivity index (χ0) is 7.40. The van der Waals surface area contributed by atoms with E-state index in [2.05, 4.69) is 4.99 Å². The molecule has 1 aliphatic rings. The van der Waals surface area contributed by atoms with Crippen LogP contribution in [-0.2, 0) is 4.79 Å². The molecular weight excluding hydrogens is 130 g/mol. The molecule has 0 bridgehead atoms. The molecule has 0 fully saturated rings. The Bertz CT molecular complexity index is 226. The number of hydrogen-bond acceptors (Lipinski definition) is 2. The fourth-order valence-electron chi connectivity index (χ4n) is 0.652. The first-order valence-corrected chi connectivity index (χ1v) is 2.93. The van der Waals surface area contributed by atoms with Gasteiger partial charge in [0, 0.05) is 18.7 Å². The van der Waals surface area contributed by atoms with Gasteiger partial charge in [-0.2, -0.15) is 0 Å². The summed E-state index contributed by atoms with van der Waals surface area (Å²) in [6, 6.07) is 0. The van der Waals surface area contributed by atoms with E-state index in [4.69, 9.17) is 5.11 Å². The molecule has 3 nitrogen and oxygen atoms in total. The van der Waals surface area contributed by atoms with Crippen molar-refractivity contribution in [3.05, 3.63) is 23.9 Å². The molecule has 0 amide bonds. The third-order valence-corrected chi connectivity index (χ3v) is 1.07. The third kappa shape index (κ3) is 1.85. The van der Waals surface area contributed by atoms with Crippen LogP contribution in [0.2, 0.25) is 0 Å². The summed E-state index contributed by atoms with van der Waals surface area (Å²) in [6.07, 6.45) is 6.96. The standard InChI is InChI=1S/C7H7NO2/c9-7(10)4-3-6-2-1-5-8-6/h2-5H,1H2,(H,9,10)/b4-3+. The van der Waals surface area contributed by atoms with E-state index in [1.54, 1.807) is 6.21 Å². The minimum atomic E-state index is -0.942. The second kappa shape index (κ2) is 2.96. The van der Waals surface area contributed by atoms with Crippen LogP contribution in [0.5, 0.6) is 0 Å². The van der Waals surface area contributed by atoms with E-state index in [-0.39, 0.29) is 0 Å². The Hall–Kier alpha value is -1.38. The molecule has 0 atom stereocenters. The van der Waals surface area contributed by atoms with Crippen molar-refractivity contribution in [1.29, 1.82) is 0 Å². The summed E-state index contributed by atoms with van der Waals surface area (Å²) in [4.78, 5) is 13.9. The summed E-state index contributed by atoms with van der Waals surface area (Å²) < 4.78 is 0. The maximum Gasteiger partial charge on any atom is 0.328 e. The topological polar surface area (TPSA) is 49.7 Å². The van der Waals surface area contributed by atoms with E-state index >= 15 is 0 Å². The Morgan fingerprint density at radius 2 is 2.60 bits per heavy atom. The van der Waals surface area contributed by atoms with Crippen LogP contribution in [0.4, 0.5) is 0 Å². The average molecular weight is 137 g/mol. The molecule has 1 N–H and O–H groups in total. The molecule has 0 spiro atoms. The SMILES string of the molecule is O=C(O)/C=C/C1=CCC=N1. The molecule has 0 saturated carbocycles. The maximum absolute atomic E-state index is 9.99. The van der Waals surface area contributed by atoms with E-state index < -0.39 is 5.97 Å². The first-order valence-electron chi connectivity index (χ1n) is 2.93. The van der Waals surface area contributed by atoms with Crippen molar-refractivity contribution >= 4 is 12.2 Å². The normalized spacial score (nSPS) is 16.2. The van der Waals surface area contributed by atoms with Gasteiger partial charge in [0.1, 0.15) is 0 Å². The van der Waals surface area contributed by atoms with Crippen LogP contribution in [0, 0.1) is 0 Å². The smallest absolute Gasteiger partial charge is 0.328 e. The monoisotopic (exact) mass is 137 g/mol. The van der Waals surface area contributed by atoms with Gasteiger partial charge in [-0.05, 0) is 6.08 Å². The molecule has 0 aromatic carbocycles. The molecule has 0 aliphatic carbocycles. The van der Waals surface area contributed by atoms with Gasteiger partial charge < -0.3 is 5.11 Å². The van der Waals surface area contributed by atoms with Crippen LogP contribution in [0.3, 0.4) is 0 Å². The number of nitrogens with zero attached hydrogens (tertiary/aromatic N) is 1. The van der Waals surface area contributed by atoms with Crippen molar-refractivity contribution in [2.24, 2.45) is 4.99 Å². The van der Waals surface area contributed by atoms with E-state index in [9.17, 15) is 4.79 Å². The summed E-state index contributed by atoms with van der Waals surface area (Å²) in [6.45, 7) is 0. The molecule has 3 heteroatoms. The number of allylic oxidation sites excluding steroid dienone is 2. The summed E-state index contributed by atoms with van der Waals surface area (Å²) in [5, 5.41) is 8.21. The molecule has 0 aromatic rings. The molecule has 10 heavy (non-hydrogen) atoms. The van der Waals surface area contributed by atoms with E-state index in [0.29, 0.717) is 0 Å². The van der Waals surface area contributed by atoms with Crippen molar-refractivity contribution in [1.82, 2.24) is 0 Å². The fraction of sp³-hybridized carbons (Fsp3) is 0.143. The zero-order valence-electron chi connectivity index (χ0n) is 5.32. The third-order valence-electron chi connectivity index (χ3n) is 1.07. The van der Waals surface area contributed by atoms with Gasteiger partial charge in [0.25, 0.3) is 0 Å². The van der Waals surface area contributed by atoms with Crippen molar-refractivity contribution in [3.63, 3.8) is 0 Å². The minimum absolute atomic E-state index is 0.724. The number of hydrogen-bond donors (Lipinski definition) is 1. The first kappa shape index (κ1) is 6.74. The molecule has 1 rings (SSSR count). The van der Waals surface area contributed by atoms with Crippen LogP contribution in [0.15, 0.2) is 28.9 Å². The lowest BCUT2D eigenvalue weighted by Gasteiger charge is -1.82. The van der Waals surface area contributed by atoms with Crippen molar-refractivity contribution in [3.8, 4) is 0 Å². The fourth-order valence-corrected chi connectivity index (χ4v) is 0.652. The highest BCUT2D eigenvalue weighted by Crippen LogP contribution is 2.05. The summed E-state index contributed by atoms with van der Waals surface area (Å²) in [7, 11) is 0. The molecule has 52 valence electrons. The van der Waals surface area contributed by atoms with Gasteiger partial charge in [0.15, 0.2) is 0 Å². The number of rotatable bonds is 2. The molecule has 1 heterocycles. The Morgan fingerprint density at radius 3 is 3.10 bits per heavy atom. The second-order valence-electron chi connectivity index (χ2n) is 1.85. The van der Waals surface area contributed by atoms with Crippen LogP contribution >= 0.6 is 0 Å². The van der Waals surface area contributed by atoms with Gasteiger partial charge in [-0.3, -0.25) is 4.99 Å². The maximum atomic E-state index is 9.99. The predicted molar refractivity (Wildman–Crippen MR) is 38.0 cm³/mol. The molecule has 1 aliphatic heterocycles. The Morgan fingerprint density at radius 1 is 1.80 bits per heavy atom. The zero-order valence-corrected chi connectivity index (χ0v) is 5.32. The van der Waals surface area contributed by atoms with Crippen molar-refractivity contribution < 1.29 is 9.90 Å². The van der Waals surface area contributed by atoms with Crippen LogP contribution in [0.25, 0.3) is 0 Å². The number of aliphatic carboxylic acids is 1. The lowest BCUT2D eigenvalue weighted by atomic mass is 10.3. The van der Waals surface area contributed by atoms with Crippen LogP contribution in [-0.4, -0.2) is 17.3 Å². The molecular formula is C7H7NO2. The van der Waals surface area contributed by atoms with Crippen molar-refractivity contribution in [2.45, 2.75) is 6.42 Å². The van der Waals surface area contributed by atoms with Crippen LogP contribution in [0.1, 0.15) is 6.42 Å². The summed E-state index contributed by atoms with van der Waals surface area (Å²) in [5.74, 6) is -0.942. The van der Waals surface area contributed by atoms with E-state index in [0.717, 1.165) is 18.2 Å². The first-order chi connectivity index (χ1) is 4.79. The van der Waals surface area contributed by atoms with Gasteiger partial charge in [-0.15, -0.1) is 0 Å². The highest BCUT2D eigenvalue weighted by atomic mass is 16.4.